The summed E-state index contributed by atoms with van der Waals surface area (Å²) >= 11 is 5.62. The Hall–Kier alpha value is -1.27. The van der Waals surface area contributed by atoms with Crippen LogP contribution in [0.1, 0.15) is 44.7 Å². The monoisotopic (exact) mass is 274 g/mol. The van der Waals surface area contributed by atoms with E-state index in [1.54, 1.807) is 0 Å². The molecule has 0 amide bonds. The molecule has 0 fully saturated rings. The molecule has 0 unspecified atom stereocenters. The molecule has 1 aromatic carbocycles. The average Bonchev–Trinajstić information content (AvgIpc) is 2.37. The fourth-order valence-corrected chi connectivity index (χ4v) is 1.92. The van der Waals surface area contributed by atoms with Crippen LogP contribution < -0.4 is 0 Å². The van der Waals surface area contributed by atoms with Crippen LogP contribution in [0, 0.1) is 0 Å². The van der Waals surface area contributed by atoms with Crippen LogP contribution in [-0.4, -0.2) is 5.88 Å². The van der Waals surface area contributed by atoms with Crippen LogP contribution in [0.2, 0.25) is 0 Å². The van der Waals surface area contributed by atoms with Crippen molar-refractivity contribution in [2.45, 2.75) is 33.6 Å². The number of hydrogen-bond donors (Lipinski definition) is 0. The summed E-state index contributed by atoms with van der Waals surface area (Å²) in [5.74, 6) is 0.561. The van der Waals surface area contributed by atoms with Gasteiger partial charge < -0.3 is 0 Å². The maximum Gasteiger partial charge on any atom is 0.0407 e. The minimum atomic E-state index is 0.561. The van der Waals surface area contributed by atoms with E-state index in [2.05, 4.69) is 57.2 Å². The molecular formula is C18H23Cl. The van der Waals surface area contributed by atoms with Crippen molar-refractivity contribution in [3.8, 4) is 0 Å². The third-order valence-electron chi connectivity index (χ3n) is 2.84. The highest BCUT2D eigenvalue weighted by molar-refractivity contribution is 6.19. The summed E-state index contributed by atoms with van der Waals surface area (Å²) < 4.78 is 0. The van der Waals surface area contributed by atoms with Crippen LogP contribution in [0.5, 0.6) is 0 Å². The van der Waals surface area contributed by atoms with Gasteiger partial charge in [-0.2, -0.15) is 0 Å². The molecule has 1 aromatic rings. The first-order chi connectivity index (χ1) is 9.11. The van der Waals surface area contributed by atoms with E-state index in [9.17, 15) is 0 Å². The first-order valence-electron chi connectivity index (χ1n) is 6.75. The van der Waals surface area contributed by atoms with E-state index in [0.717, 1.165) is 12.8 Å². The molecule has 102 valence electrons. The van der Waals surface area contributed by atoms with Crippen molar-refractivity contribution in [2.24, 2.45) is 0 Å². The van der Waals surface area contributed by atoms with E-state index in [1.807, 2.05) is 12.2 Å². The summed E-state index contributed by atoms with van der Waals surface area (Å²) in [6.07, 6.45) is 10.8. The van der Waals surface area contributed by atoms with Crippen molar-refractivity contribution in [3.63, 3.8) is 0 Å². The van der Waals surface area contributed by atoms with Crippen molar-refractivity contribution in [1.82, 2.24) is 0 Å². The predicted octanol–water partition coefficient (Wildman–Crippen LogP) is 6.09. The van der Waals surface area contributed by atoms with Crippen LogP contribution >= 0.6 is 11.6 Å². The third-order valence-corrected chi connectivity index (χ3v) is 3.02. The Morgan fingerprint density at radius 2 is 1.68 bits per heavy atom. The molecule has 0 spiro atoms. The van der Waals surface area contributed by atoms with Crippen LogP contribution in [0.4, 0.5) is 0 Å². The molecule has 0 aliphatic rings. The Bertz CT molecular complexity index is 457. The summed E-state index contributed by atoms with van der Waals surface area (Å²) in [7, 11) is 0. The van der Waals surface area contributed by atoms with Gasteiger partial charge in [-0.25, -0.2) is 0 Å². The third kappa shape index (κ3) is 7.03. The van der Waals surface area contributed by atoms with Crippen LogP contribution in [0.25, 0.3) is 12.2 Å². The molecule has 0 nitrogen and oxygen atoms in total. The van der Waals surface area contributed by atoms with Crippen LogP contribution in [-0.2, 0) is 0 Å². The maximum atomic E-state index is 5.62. The number of allylic oxidation sites excluding steroid dienone is 4. The van der Waals surface area contributed by atoms with Gasteiger partial charge in [-0.15, -0.1) is 11.6 Å². The molecular weight excluding hydrogens is 252 g/mol. The van der Waals surface area contributed by atoms with Gasteiger partial charge in [0.05, 0.1) is 0 Å². The van der Waals surface area contributed by atoms with Crippen molar-refractivity contribution < 1.29 is 0 Å². The second kappa shape index (κ2) is 8.77. The minimum absolute atomic E-state index is 0.561. The molecule has 0 aliphatic heterocycles. The molecule has 0 radical (unpaired) electrons. The lowest BCUT2D eigenvalue weighted by Gasteiger charge is -2.01. The SMILES string of the molecule is CC(C)=CCC/C(C)=C/c1ccc(/C=C/CCl)cc1. The van der Waals surface area contributed by atoms with E-state index in [4.69, 9.17) is 11.6 Å². The number of rotatable bonds is 6. The fraction of sp³-hybridized carbons (Fsp3) is 0.333. The van der Waals surface area contributed by atoms with Crippen LogP contribution in [0.3, 0.4) is 0 Å². The van der Waals surface area contributed by atoms with Crippen molar-refractivity contribution in [2.75, 3.05) is 5.88 Å². The highest BCUT2D eigenvalue weighted by Gasteiger charge is 1.92. The molecule has 0 N–H and O–H groups in total. The first kappa shape index (κ1) is 15.8. The average molecular weight is 275 g/mol. The van der Waals surface area contributed by atoms with E-state index in [0.29, 0.717) is 5.88 Å². The lowest BCUT2D eigenvalue weighted by molar-refractivity contribution is 0.975. The van der Waals surface area contributed by atoms with Gasteiger partial charge in [-0.05, 0) is 44.7 Å². The Balaban J connectivity index is 2.60. The summed E-state index contributed by atoms with van der Waals surface area (Å²) in [4.78, 5) is 0. The van der Waals surface area contributed by atoms with E-state index < -0.39 is 0 Å². The van der Waals surface area contributed by atoms with E-state index in [-0.39, 0.29) is 0 Å². The topological polar surface area (TPSA) is 0 Å². The van der Waals surface area contributed by atoms with Gasteiger partial charge in [0.1, 0.15) is 0 Å². The summed E-state index contributed by atoms with van der Waals surface area (Å²) in [6, 6.07) is 8.55. The van der Waals surface area contributed by atoms with Gasteiger partial charge in [-0.3, -0.25) is 0 Å². The quantitative estimate of drug-likeness (QED) is 0.435. The largest absolute Gasteiger partial charge is 0.122 e. The zero-order chi connectivity index (χ0) is 14.1. The standard InChI is InChI=1S/C18H23Cl/c1-15(2)6-4-7-16(3)14-18-11-9-17(10-12-18)8-5-13-19/h5-6,8-12,14H,4,7,13H2,1-3H3/b8-5+,16-14+. The fourth-order valence-electron chi connectivity index (χ4n) is 1.83. The Morgan fingerprint density at radius 1 is 1.05 bits per heavy atom. The molecule has 0 bridgehead atoms. The highest BCUT2D eigenvalue weighted by Crippen LogP contribution is 2.14. The molecule has 0 aromatic heterocycles. The van der Waals surface area contributed by atoms with Gasteiger partial charge in [0.25, 0.3) is 0 Å². The number of hydrogen-bond acceptors (Lipinski definition) is 0. The second-order valence-electron chi connectivity index (χ2n) is 5.03. The second-order valence-corrected chi connectivity index (χ2v) is 5.34. The Morgan fingerprint density at radius 3 is 2.26 bits per heavy atom. The minimum Gasteiger partial charge on any atom is -0.122 e. The van der Waals surface area contributed by atoms with Gasteiger partial charge in [0, 0.05) is 5.88 Å². The van der Waals surface area contributed by atoms with E-state index in [1.165, 1.54) is 22.3 Å². The van der Waals surface area contributed by atoms with Crippen molar-refractivity contribution >= 4 is 23.8 Å². The summed E-state index contributed by atoms with van der Waals surface area (Å²) in [5.41, 5.74) is 5.27. The van der Waals surface area contributed by atoms with Crippen LogP contribution in [0.15, 0.2) is 47.6 Å². The Kier molecular flexibility index (Phi) is 7.28. The molecule has 0 saturated carbocycles. The number of alkyl halides is 1. The maximum absolute atomic E-state index is 5.62. The molecule has 0 saturated heterocycles. The van der Waals surface area contributed by atoms with Gasteiger partial charge in [0.15, 0.2) is 0 Å². The molecule has 19 heavy (non-hydrogen) atoms. The van der Waals surface area contributed by atoms with Gasteiger partial charge >= 0.3 is 0 Å². The lowest BCUT2D eigenvalue weighted by Crippen LogP contribution is -1.80. The molecule has 1 rings (SSSR count). The molecule has 0 atom stereocenters. The Labute approximate surface area is 122 Å². The summed E-state index contributed by atoms with van der Waals surface area (Å²) in [6.45, 7) is 6.48. The smallest absolute Gasteiger partial charge is 0.0407 e. The number of benzene rings is 1. The van der Waals surface area contributed by atoms with Gasteiger partial charge in [0.2, 0.25) is 0 Å². The normalized spacial score (nSPS) is 11.9. The highest BCUT2D eigenvalue weighted by atomic mass is 35.5. The molecule has 0 heterocycles. The zero-order valence-corrected chi connectivity index (χ0v) is 12.9. The number of halogens is 1. The zero-order valence-electron chi connectivity index (χ0n) is 12.1. The summed E-state index contributed by atoms with van der Waals surface area (Å²) in [5, 5.41) is 0. The molecule has 0 aliphatic carbocycles. The van der Waals surface area contributed by atoms with Crippen molar-refractivity contribution in [3.05, 3.63) is 58.7 Å². The predicted molar refractivity (Wildman–Crippen MR) is 88.5 cm³/mol. The van der Waals surface area contributed by atoms with E-state index >= 15 is 0 Å². The van der Waals surface area contributed by atoms with Gasteiger partial charge in [-0.1, -0.05) is 59.7 Å². The lowest BCUT2D eigenvalue weighted by atomic mass is 10.1. The van der Waals surface area contributed by atoms with Crippen molar-refractivity contribution in [1.29, 1.82) is 0 Å². The molecule has 1 heteroatoms. The first-order valence-corrected chi connectivity index (χ1v) is 7.28.